The zero-order valence-electron chi connectivity index (χ0n) is 8.77. The van der Waals surface area contributed by atoms with Crippen LogP contribution in [0.4, 0.5) is 5.69 Å². The van der Waals surface area contributed by atoms with Gasteiger partial charge in [-0.25, -0.2) is 0 Å². The predicted octanol–water partition coefficient (Wildman–Crippen LogP) is 2.28. The Labute approximate surface area is 97.8 Å². The van der Waals surface area contributed by atoms with Gasteiger partial charge in [0, 0.05) is 11.5 Å². The number of hydrogen-bond donors (Lipinski definition) is 0. The molecule has 1 aromatic carbocycles. The van der Waals surface area contributed by atoms with Crippen LogP contribution in [-0.4, -0.2) is 24.5 Å². The second-order valence-corrected chi connectivity index (χ2v) is 4.74. The van der Waals surface area contributed by atoms with Gasteiger partial charge in [-0.2, -0.15) is 0 Å². The molecule has 0 spiro atoms. The van der Waals surface area contributed by atoms with Crippen LogP contribution in [0.25, 0.3) is 0 Å². The van der Waals surface area contributed by atoms with Crippen LogP contribution in [-0.2, 0) is 4.79 Å². The Morgan fingerprint density at radius 1 is 1.33 bits per heavy atom. The molecular formula is C11H13BrN2O. The van der Waals surface area contributed by atoms with E-state index in [1.54, 1.807) is 5.01 Å². The second-order valence-electron chi connectivity index (χ2n) is 3.82. The maximum absolute atomic E-state index is 11.6. The molecule has 0 aliphatic carbocycles. The van der Waals surface area contributed by atoms with Crippen molar-refractivity contribution in [3.05, 3.63) is 28.7 Å². The topological polar surface area (TPSA) is 23.6 Å². The fourth-order valence-electron chi connectivity index (χ4n) is 1.79. The van der Waals surface area contributed by atoms with Crippen LogP contribution in [0.15, 0.2) is 28.7 Å². The monoisotopic (exact) mass is 268 g/mol. The summed E-state index contributed by atoms with van der Waals surface area (Å²) in [5, 5.41) is 3.69. The van der Waals surface area contributed by atoms with Gasteiger partial charge < -0.3 is 0 Å². The Morgan fingerprint density at radius 2 is 1.93 bits per heavy atom. The number of nitrogens with zero attached hydrogens (tertiary/aromatic N) is 2. The molecule has 1 heterocycles. The van der Waals surface area contributed by atoms with E-state index in [0.29, 0.717) is 0 Å². The summed E-state index contributed by atoms with van der Waals surface area (Å²) in [7, 11) is 1.81. The van der Waals surface area contributed by atoms with Crippen molar-refractivity contribution in [3.63, 3.8) is 0 Å². The molecule has 1 unspecified atom stereocenters. The van der Waals surface area contributed by atoms with Crippen molar-refractivity contribution in [1.82, 2.24) is 5.01 Å². The van der Waals surface area contributed by atoms with E-state index >= 15 is 0 Å². The van der Waals surface area contributed by atoms with E-state index in [0.717, 1.165) is 16.7 Å². The smallest absolute Gasteiger partial charge is 0.245 e. The quantitative estimate of drug-likeness (QED) is 0.780. The van der Waals surface area contributed by atoms with Crippen LogP contribution in [0, 0.1) is 5.92 Å². The van der Waals surface area contributed by atoms with Crippen LogP contribution >= 0.6 is 15.9 Å². The number of hydrazine groups is 1. The first-order chi connectivity index (χ1) is 7.09. The summed E-state index contributed by atoms with van der Waals surface area (Å²) in [6, 6.07) is 7.98. The summed E-state index contributed by atoms with van der Waals surface area (Å²) in [6.45, 7) is 2.72. The second kappa shape index (κ2) is 3.85. The number of rotatable bonds is 1. The summed E-state index contributed by atoms with van der Waals surface area (Å²) < 4.78 is 1.05. The molecule has 15 heavy (non-hydrogen) atoms. The molecule has 1 aromatic rings. The normalized spacial score (nSPS) is 21.3. The highest BCUT2D eigenvalue weighted by Crippen LogP contribution is 2.25. The standard InChI is InChI=1S/C11H13BrN2O/c1-8-7-14(13(2)11(8)15)10-5-3-9(12)4-6-10/h3-6,8H,7H2,1-2H3. The molecule has 0 aromatic heterocycles. The molecule has 0 bridgehead atoms. The van der Waals surface area contributed by atoms with E-state index in [1.807, 2.05) is 43.2 Å². The molecule has 0 radical (unpaired) electrons. The third-order valence-corrected chi connectivity index (χ3v) is 3.20. The van der Waals surface area contributed by atoms with Crippen molar-refractivity contribution < 1.29 is 4.79 Å². The lowest BCUT2D eigenvalue weighted by Crippen LogP contribution is -2.35. The van der Waals surface area contributed by atoms with Gasteiger partial charge in [-0.3, -0.25) is 14.8 Å². The van der Waals surface area contributed by atoms with E-state index < -0.39 is 0 Å². The van der Waals surface area contributed by atoms with Gasteiger partial charge >= 0.3 is 0 Å². The number of carbonyl (C=O) groups excluding carboxylic acids is 1. The number of carbonyl (C=O) groups is 1. The zero-order chi connectivity index (χ0) is 11.0. The lowest BCUT2D eigenvalue weighted by molar-refractivity contribution is -0.129. The first-order valence-corrected chi connectivity index (χ1v) is 5.69. The van der Waals surface area contributed by atoms with Gasteiger partial charge in [-0.05, 0) is 24.3 Å². The molecule has 1 atom stereocenters. The highest BCUT2D eigenvalue weighted by molar-refractivity contribution is 9.10. The Bertz CT molecular complexity index is 377. The zero-order valence-corrected chi connectivity index (χ0v) is 10.4. The van der Waals surface area contributed by atoms with Crippen molar-refractivity contribution in [3.8, 4) is 0 Å². The largest absolute Gasteiger partial charge is 0.282 e. The van der Waals surface area contributed by atoms with Gasteiger partial charge in [-0.1, -0.05) is 22.9 Å². The average molecular weight is 269 g/mol. The molecule has 2 rings (SSSR count). The fraction of sp³-hybridized carbons (Fsp3) is 0.364. The van der Waals surface area contributed by atoms with Crippen molar-refractivity contribution >= 4 is 27.5 Å². The van der Waals surface area contributed by atoms with E-state index in [9.17, 15) is 4.79 Å². The minimum Gasteiger partial charge on any atom is -0.282 e. The van der Waals surface area contributed by atoms with Gasteiger partial charge in [0.25, 0.3) is 0 Å². The van der Waals surface area contributed by atoms with Crippen LogP contribution in [0.1, 0.15) is 6.92 Å². The first-order valence-electron chi connectivity index (χ1n) is 4.90. The molecule has 0 N–H and O–H groups in total. The summed E-state index contributed by atoms with van der Waals surface area (Å²) in [5.41, 5.74) is 1.05. The van der Waals surface area contributed by atoms with Crippen molar-refractivity contribution in [2.45, 2.75) is 6.92 Å². The number of amides is 1. The molecule has 3 nitrogen and oxygen atoms in total. The number of benzene rings is 1. The van der Waals surface area contributed by atoms with Crippen molar-refractivity contribution in [2.75, 3.05) is 18.6 Å². The lowest BCUT2D eigenvalue weighted by atomic mass is 10.2. The van der Waals surface area contributed by atoms with Crippen molar-refractivity contribution in [2.24, 2.45) is 5.92 Å². The minimum atomic E-state index is 0.0821. The molecule has 1 fully saturated rings. The van der Waals surface area contributed by atoms with E-state index in [1.165, 1.54) is 0 Å². The van der Waals surface area contributed by atoms with Crippen LogP contribution in [0.5, 0.6) is 0 Å². The Morgan fingerprint density at radius 3 is 2.40 bits per heavy atom. The molecule has 1 aliphatic heterocycles. The molecule has 4 heteroatoms. The van der Waals surface area contributed by atoms with E-state index in [2.05, 4.69) is 15.9 Å². The summed E-state index contributed by atoms with van der Waals surface area (Å²) in [6.07, 6.45) is 0. The molecule has 1 amide bonds. The lowest BCUT2D eigenvalue weighted by Gasteiger charge is -2.25. The fourth-order valence-corrected chi connectivity index (χ4v) is 2.05. The molecule has 80 valence electrons. The Hall–Kier alpha value is -1.03. The molecule has 1 aliphatic rings. The number of halogens is 1. The summed E-state index contributed by atoms with van der Waals surface area (Å²) in [5.74, 6) is 0.261. The van der Waals surface area contributed by atoms with Crippen LogP contribution in [0.3, 0.4) is 0 Å². The summed E-state index contributed by atoms with van der Waals surface area (Å²) >= 11 is 3.39. The van der Waals surface area contributed by atoms with Crippen molar-refractivity contribution in [1.29, 1.82) is 0 Å². The van der Waals surface area contributed by atoms with Gasteiger partial charge in [0.2, 0.25) is 5.91 Å². The first kappa shape index (κ1) is 10.5. The van der Waals surface area contributed by atoms with Gasteiger partial charge in [0.05, 0.1) is 18.2 Å². The Kier molecular flexibility index (Phi) is 2.69. The van der Waals surface area contributed by atoms with Gasteiger partial charge in [0.1, 0.15) is 0 Å². The number of hydrogen-bond acceptors (Lipinski definition) is 2. The minimum absolute atomic E-state index is 0.0821. The highest BCUT2D eigenvalue weighted by atomic mass is 79.9. The summed E-state index contributed by atoms with van der Waals surface area (Å²) in [4.78, 5) is 11.6. The maximum atomic E-state index is 11.6. The Balaban J connectivity index is 2.25. The van der Waals surface area contributed by atoms with Crippen LogP contribution < -0.4 is 5.01 Å². The maximum Gasteiger partial charge on any atom is 0.245 e. The average Bonchev–Trinajstić information content (AvgIpc) is 2.47. The van der Waals surface area contributed by atoms with E-state index in [-0.39, 0.29) is 11.8 Å². The SMILES string of the molecule is CC1CN(c2ccc(Br)cc2)N(C)C1=O. The van der Waals surface area contributed by atoms with E-state index in [4.69, 9.17) is 0 Å². The number of anilines is 1. The molecule has 1 saturated heterocycles. The third kappa shape index (κ3) is 1.86. The predicted molar refractivity (Wildman–Crippen MR) is 63.4 cm³/mol. The third-order valence-electron chi connectivity index (χ3n) is 2.67. The van der Waals surface area contributed by atoms with Gasteiger partial charge in [0.15, 0.2) is 0 Å². The molecular weight excluding hydrogens is 256 g/mol. The van der Waals surface area contributed by atoms with Crippen LogP contribution in [0.2, 0.25) is 0 Å². The van der Waals surface area contributed by atoms with Gasteiger partial charge in [-0.15, -0.1) is 0 Å². The molecule has 0 saturated carbocycles. The highest BCUT2D eigenvalue weighted by Gasteiger charge is 2.32.